The van der Waals surface area contributed by atoms with Crippen molar-refractivity contribution >= 4 is 16.9 Å². The second-order valence-corrected chi connectivity index (χ2v) is 7.61. The minimum absolute atomic E-state index is 0.0905. The maximum absolute atomic E-state index is 12.8. The average Bonchev–Trinajstić information content (AvgIpc) is 3.19. The molecule has 0 spiro atoms. The number of fused-ring (bicyclic) bond motifs is 1. The number of alkyl halides is 3. The highest BCUT2D eigenvalue weighted by atomic mass is 19.4. The summed E-state index contributed by atoms with van der Waals surface area (Å²) in [5, 5.41) is 7.08. The summed E-state index contributed by atoms with van der Waals surface area (Å²) in [5.74, 6) is -0.633. The molecule has 0 aliphatic heterocycles. The van der Waals surface area contributed by atoms with Crippen molar-refractivity contribution in [2.45, 2.75) is 26.2 Å². The fourth-order valence-electron chi connectivity index (χ4n) is 3.50. The largest absolute Gasteiger partial charge is 0.416 e. The maximum atomic E-state index is 12.8. The third kappa shape index (κ3) is 4.94. The number of nitrogens with one attached hydrogen (secondary N) is 1. The Bertz CT molecular complexity index is 1370. The van der Waals surface area contributed by atoms with Crippen molar-refractivity contribution in [1.82, 2.24) is 24.6 Å². The van der Waals surface area contributed by atoms with E-state index in [4.69, 9.17) is 0 Å². The van der Waals surface area contributed by atoms with Gasteiger partial charge in [0.1, 0.15) is 11.7 Å². The number of halogens is 3. The van der Waals surface area contributed by atoms with Gasteiger partial charge >= 0.3 is 6.18 Å². The van der Waals surface area contributed by atoms with Crippen LogP contribution < -0.4 is 10.9 Å². The summed E-state index contributed by atoms with van der Waals surface area (Å²) in [6.07, 6.45) is -1.65. The lowest BCUT2D eigenvalue weighted by Crippen LogP contribution is -2.28. The Morgan fingerprint density at radius 3 is 2.67 bits per heavy atom. The van der Waals surface area contributed by atoms with E-state index in [9.17, 15) is 22.8 Å². The Labute approximate surface area is 186 Å². The molecule has 0 fully saturated rings. The summed E-state index contributed by atoms with van der Waals surface area (Å²) in [6.45, 7) is 2.65. The zero-order valence-corrected chi connectivity index (χ0v) is 17.6. The van der Waals surface area contributed by atoms with E-state index in [-0.39, 0.29) is 24.2 Å². The van der Waals surface area contributed by atoms with Gasteiger partial charge in [-0.25, -0.2) is 9.67 Å². The number of amides is 1. The van der Waals surface area contributed by atoms with Crippen LogP contribution in [0.5, 0.6) is 0 Å². The molecule has 2 heterocycles. The number of aryl methyl sites for hydroxylation is 1. The van der Waals surface area contributed by atoms with Crippen LogP contribution in [0.3, 0.4) is 0 Å². The van der Waals surface area contributed by atoms with Crippen LogP contribution in [0.15, 0.2) is 65.8 Å². The first-order valence-corrected chi connectivity index (χ1v) is 10.1. The SMILES string of the molecule is Cc1cccc(Cn2cnc3c(cnn3CCNC(=O)c3cccc(C(F)(F)F)c3)c2=O)c1. The lowest BCUT2D eigenvalue weighted by atomic mass is 10.1. The van der Waals surface area contributed by atoms with E-state index in [1.807, 2.05) is 31.2 Å². The van der Waals surface area contributed by atoms with Crippen molar-refractivity contribution in [3.05, 3.63) is 93.7 Å². The summed E-state index contributed by atoms with van der Waals surface area (Å²) < 4.78 is 41.5. The molecule has 2 aromatic heterocycles. The van der Waals surface area contributed by atoms with Crippen LogP contribution in [0.4, 0.5) is 13.2 Å². The zero-order valence-electron chi connectivity index (χ0n) is 17.6. The van der Waals surface area contributed by atoms with Crippen LogP contribution in [0.2, 0.25) is 0 Å². The molecule has 0 bridgehead atoms. The van der Waals surface area contributed by atoms with E-state index in [1.165, 1.54) is 33.9 Å². The first kappa shape index (κ1) is 22.3. The van der Waals surface area contributed by atoms with Crippen LogP contribution in [0.25, 0.3) is 11.0 Å². The minimum Gasteiger partial charge on any atom is -0.350 e. The number of aromatic nitrogens is 4. The van der Waals surface area contributed by atoms with Crippen molar-refractivity contribution in [3.63, 3.8) is 0 Å². The van der Waals surface area contributed by atoms with Crippen molar-refractivity contribution in [3.8, 4) is 0 Å². The van der Waals surface area contributed by atoms with Crippen LogP contribution in [0.1, 0.15) is 27.0 Å². The molecule has 0 atom stereocenters. The van der Waals surface area contributed by atoms with Crippen molar-refractivity contribution < 1.29 is 18.0 Å². The molecule has 33 heavy (non-hydrogen) atoms. The lowest BCUT2D eigenvalue weighted by Gasteiger charge is -2.10. The standard InChI is InChI=1S/C23H20F3N5O2/c1-15-4-2-5-16(10-15)13-30-14-28-20-19(22(30)33)12-29-31(20)9-8-27-21(32)17-6-3-7-18(11-17)23(24,25)26/h2-7,10-12,14H,8-9,13H2,1H3,(H,27,32). The highest BCUT2D eigenvalue weighted by Crippen LogP contribution is 2.29. The first-order valence-electron chi connectivity index (χ1n) is 10.1. The summed E-state index contributed by atoms with van der Waals surface area (Å²) in [5.41, 5.74) is 1.22. The Hall–Kier alpha value is -3.95. The van der Waals surface area contributed by atoms with E-state index in [2.05, 4.69) is 15.4 Å². The highest BCUT2D eigenvalue weighted by molar-refractivity contribution is 5.94. The quantitative estimate of drug-likeness (QED) is 0.483. The van der Waals surface area contributed by atoms with Crippen molar-refractivity contribution in [2.24, 2.45) is 0 Å². The number of rotatable bonds is 6. The third-order valence-corrected chi connectivity index (χ3v) is 5.12. The van der Waals surface area contributed by atoms with Crippen molar-refractivity contribution in [1.29, 1.82) is 0 Å². The molecule has 0 saturated carbocycles. The van der Waals surface area contributed by atoms with Gasteiger partial charge in [0, 0.05) is 12.1 Å². The second-order valence-electron chi connectivity index (χ2n) is 7.61. The Kier molecular flexibility index (Phi) is 5.99. The molecule has 4 aromatic rings. The van der Waals surface area contributed by atoms with Gasteiger partial charge in [-0.05, 0) is 30.7 Å². The molecule has 0 saturated heterocycles. The predicted octanol–water partition coefficient (Wildman–Crippen LogP) is 3.40. The van der Waals surface area contributed by atoms with Gasteiger partial charge in [-0.1, -0.05) is 35.9 Å². The molecule has 7 nitrogen and oxygen atoms in total. The summed E-state index contributed by atoms with van der Waals surface area (Å²) in [4.78, 5) is 29.4. The van der Waals surface area contributed by atoms with E-state index in [0.29, 0.717) is 17.6 Å². The molecule has 0 radical (unpaired) electrons. The first-order chi connectivity index (χ1) is 15.7. The fraction of sp³-hybridized carbons (Fsp3) is 0.217. The normalized spacial score (nSPS) is 11.6. The zero-order chi connectivity index (χ0) is 23.6. The van der Waals surface area contributed by atoms with Crippen LogP contribution in [-0.4, -0.2) is 31.8 Å². The van der Waals surface area contributed by atoms with Gasteiger partial charge in [0.2, 0.25) is 0 Å². The summed E-state index contributed by atoms with van der Waals surface area (Å²) in [7, 11) is 0. The number of carbonyl (C=O) groups excluding carboxylic acids is 1. The Morgan fingerprint density at radius 1 is 1.12 bits per heavy atom. The number of benzene rings is 2. The Balaban J connectivity index is 1.44. The topological polar surface area (TPSA) is 81.8 Å². The van der Waals surface area contributed by atoms with E-state index in [1.54, 1.807) is 0 Å². The summed E-state index contributed by atoms with van der Waals surface area (Å²) >= 11 is 0. The molecule has 0 aliphatic carbocycles. The van der Waals surface area contributed by atoms with Gasteiger partial charge in [0.15, 0.2) is 5.65 Å². The van der Waals surface area contributed by atoms with E-state index >= 15 is 0 Å². The third-order valence-electron chi connectivity index (χ3n) is 5.12. The smallest absolute Gasteiger partial charge is 0.350 e. The van der Waals surface area contributed by atoms with Gasteiger partial charge in [0.25, 0.3) is 11.5 Å². The van der Waals surface area contributed by atoms with Crippen molar-refractivity contribution in [2.75, 3.05) is 6.54 Å². The second kappa shape index (κ2) is 8.89. The molecule has 170 valence electrons. The van der Waals surface area contributed by atoms with Gasteiger partial charge in [-0.3, -0.25) is 14.2 Å². The number of hydrogen-bond donors (Lipinski definition) is 1. The average molecular weight is 455 g/mol. The maximum Gasteiger partial charge on any atom is 0.416 e. The van der Waals surface area contributed by atoms with Gasteiger partial charge < -0.3 is 5.32 Å². The number of carbonyl (C=O) groups is 1. The van der Waals surface area contributed by atoms with E-state index in [0.717, 1.165) is 23.3 Å². The lowest BCUT2D eigenvalue weighted by molar-refractivity contribution is -0.137. The molecule has 0 unspecified atom stereocenters. The highest BCUT2D eigenvalue weighted by Gasteiger charge is 2.30. The molecular weight excluding hydrogens is 435 g/mol. The molecule has 0 aliphatic rings. The number of nitrogens with zero attached hydrogens (tertiary/aromatic N) is 4. The van der Waals surface area contributed by atoms with Gasteiger partial charge in [-0.15, -0.1) is 0 Å². The molecule has 1 N–H and O–H groups in total. The van der Waals surface area contributed by atoms with Crippen LogP contribution in [-0.2, 0) is 19.3 Å². The summed E-state index contributed by atoms with van der Waals surface area (Å²) in [6, 6.07) is 12.0. The minimum atomic E-state index is -4.53. The van der Waals surface area contributed by atoms with Crippen LogP contribution >= 0.6 is 0 Å². The van der Waals surface area contributed by atoms with Gasteiger partial charge in [-0.2, -0.15) is 18.3 Å². The monoisotopic (exact) mass is 455 g/mol. The van der Waals surface area contributed by atoms with Gasteiger partial charge in [0.05, 0.1) is 24.8 Å². The molecule has 1 amide bonds. The van der Waals surface area contributed by atoms with Crippen LogP contribution in [0, 0.1) is 6.92 Å². The Morgan fingerprint density at radius 2 is 1.91 bits per heavy atom. The molecule has 10 heteroatoms. The predicted molar refractivity (Wildman–Crippen MR) is 116 cm³/mol. The molecular formula is C23H20F3N5O2. The number of hydrogen-bond acceptors (Lipinski definition) is 4. The fourth-order valence-corrected chi connectivity index (χ4v) is 3.50. The molecule has 4 rings (SSSR count). The molecule has 2 aromatic carbocycles. The van der Waals surface area contributed by atoms with E-state index < -0.39 is 17.6 Å².